The molecule has 1 aromatic rings. The van der Waals surface area contributed by atoms with Crippen molar-refractivity contribution in [1.29, 1.82) is 0 Å². The minimum absolute atomic E-state index is 0.152. The van der Waals surface area contributed by atoms with Crippen LogP contribution in [0.1, 0.15) is 12.8 Å². The molecule has 0 aromatic heterocycles. The maximum Gasteiger partial charge on any atom is 0.321 e. The molecule has 3 saturated heterocycles. The molecule has 2 N–H and O–H groups in total. The van der Waals surface area contributed by atoms with E-state index in [0.29, 0.717) is 48.0 Å². The van der Waals surface area contributed by atoms with Crippen molar-refractivity contribution < 1.29 is 9.59 Å². The van der Waals surface area contributed by atoms with Crippen molar-refractivity contribution in [3.8, 4) is 0 Å². The van der Waals surface area contributed by atoms with Crippen molar-refractivity contribution in [2.75, 3.05) is 62.6 Å². The summed E-state index contributed by atoms with van der Waals surface area (Å²) in [6, 6.07) is 5.27. The summed E-state index contributed by atoms with van der Waals surface area (Å²) in [5, 5.41) is 7.10. The van der Waals surface area contributed by atoms with Crippen LogP contribution in [-0.2, 0) is 4.79 Å². The van der Waals surface area contributed by atoms with Crippen LogP contribution in [0.3, 0.4) is 0 Å². The normalized spacial score (nSPS) is 23.6. The molecule has 0 aliphatic carbocycles. The van der Waals surface area contributed by atoms with Gasteiger partial charge in [0.2, 0.25) is 5.91 Å². The summed E-state index contributed by atoms with van der Waals surface area (Å²) in [6.07, 6.45) is 2.44. The maximum absolute atomic E-state index is 13.1. The molecule has 0 radical (unpaired) electrons. The van der Waals surface area contributed by atoms with Gasteiger partial charge in [-0.25, -0.2) is 4.79 Å². The summed E-state index contributed by atoms with van der Waals surface area (Å²) in [7, 11) is 0. The SMILES string of the molecule is O=C(Nc1ccc(Cl)c(Cl)c1)N1CCN(C(=O)[C@H]2CN(C3CCSCC3)CCN2)CC1. The number of anilines is 1. The number of nitrogens with zero attached hydrogens (tertiary/aromatic N) is 3. The second-order valence-electron chi connectivity index (χ2n) is 8.22. The monoisotopic (exact) mass is 485 g/mol. The highest BCUT2D eigenvalue weighted by molar-refractivity contribution is 7.99. The van der Waals surface area contributed by atoms with Crippen molar-refractivity contribution in [3.05, 3.63) is 28.2 Å². The van der Waals surface area contributed by atoms with Gasteiger partial charge in [0.1, 0.15) is 0 Å². The number of hydrogen-bond acceptors (Lipinski definition) is 5. The number of rotatable bonds is 3. The molecule has 31 heavy (non-hydrogen) atoms. The quantitative estimate of drug-likeness (QED) is 0.688. The molecule has 3 heterocycles. The molecule has 3 amide bonds. The number of carbonyl (C=O) groups excluding carboxylic acids is 2. The average Bonchev–Trinajstić information content (AvgIpc) is 2.82. The lowest BCUT2D eigenvalue weighted by molar-refractivity contribution is -0.136. The summed E-state index contributed by atoms with van der Waals surface area (Å²) >= 11 is 14.0. The molecule has 3 fully saturated rings. The fourth-order valence-electron chi connectivity index (χ4n) is 4.45. The predicted octanol–water partition coefficient (Wildman–Crippen LogP) is 2.84. The lowest BCUT2D eigenvalue weighted by Crippen LogP contribution is -2.62. The van der Waals surface area contributed by atoms with Gasteiger partial charge in [0.05, 0.1) is 16.1 Å². The molecular formula is C21H29Cl2N5O2S. The molecule has 0 spiro atoms. The fraction of sp³-hybridized carbons (Fsp3) is 0.619. The number of urea groups is 1. The van der Waals surface area contributed by atoms with Gasteiger partial charge in [-0.1, -0.05) is 23.2 Å². The summed E-state index contributed by atoms with van der Waals surface area (Å²) in [5.41, 5.74) is 0.602. The smallest absolute Gasteiger partial charge is 0.321 e. The van der Waals surface area contributed by atoms with Gasteiger partial charge in [-0.2, -0.15) is 11.8 Å². The predicted molar refractivity (Wildman–Crippen MR) is 127 cm³/mol. The number of halogens is 2. The van der Waals surface area contributed by atoms with E-state index in [0.717, 1.165) is 19.6 Å². The molecule has 0 unspecified atom stereocenters. The number of nitrogens with one attached hydrogen (secondary N) is 2. The number of benzene rings is 1. The van der Waals surface area contributed by atoms with Gasteiger partial charge in [0.15, 0.2) is 0 Å². The summed E-state index contributed by atoms with van der Waals surface area (Å²) in [6.45, 7) is 4.77. The number of thioether (sulfide) groups is 1. The Labute approximate surface area is 197 Å². The first-order chi connectivity index (χ1) is 15.0. The molecular weight excluding hydrogens is 457 g/mol. The Kier molecular flexibility index (Phi) is 7.87. The zero-order chi connectivity index (χ0) is 21.8. The van der Waals surface area contributed by atoms with E-state index in [2.05, 4.69) is 15.5 Å². The number of piperazine rings is 2. The van der Waals surface area contributed by atoms with Gasteiger partial charge in [0, 0.05) is 57.5 Å². The van der Waals surface area contributed by atoms with E-state index in [9.17, 15) is 9.59 Å². The first-order valence-electron chi connectivity index (χ1n) is 10.9. The first kappa shape index (κ1) is 23.0. The van der Waals surface area contributed by atoms with Crippen molar-refractivity contribution in [2.24, 2.45) is 0 Å². The van der Waals surface area contributed by atoms with Crippen LogP contribution in [0, 0.1) is 0 Å². The number of amides is 3. The van der Waals surface area contributed by atoms with E-state index in [4.69, 9.17) is 23.2 Å². The van der Waals surface area contributed by atoms with E-state index in [1.807, 2.05) is 16.7 Å². The van der Waals surface area contributed by atoms with Gasteiger partial charge in [-0.15, -0.1) is 0 Å². The summed E-state index contributed by atoms with van der Waals surface area (Å²) < 4.78 is 0. The molecule has 3 aliphatic rings. The summed E-state index contributed by atoms with van der Waals surface area (Å²) in [5.74, 6) is 2.60. The van der Waals surface area contributed by atoms with E-state index in [-0.39, 0.29) is 18.0 Å². The Morgan fingerprint density at radius 3 is 2.42 bits per heavy atom. The zero-order valence-corrected chi connectivity index (χ0v) is 19.8. The lowest BCUT2D eigenvalue weighted by Gasteiger charge is -2.42. The molecule has 10 heteroatoms. The minimum atomic E-state index is -0.192. The van der Waals surface area contributed by atoms with Gasteiger partial charge in [-0.3, -0.25) is 9.69 Å². The largest absolute Gasteiger partial charge is 0.338 e. The van der Waals surface area contributed by atoms with E-state index >= 15 is 0 Å². The second kappa shape index (κ2) is 10.6. The molecule has 3 aliphatic heterocycles. The second-order valence-corrected chi connectivity index (χ2v) is 10.3. The summed E-state index contributed by atoms with van der Waals surface area (Å²) in [4.78, 5) is 31.8. The molecule has 1 atom stereocenters. The fourth-order valence-corrected chi connectivity index (χ4v) is 5.83. The van der Waals surface area contributed by atoms with Crippen LogP contribution in [0.25, 0.3) is 0 Å². The third-order valence-corrected chi connectivity index (χ3v) is 8.05. The number of hydrogen-bond donors (Lipinski definition) is 2. The molecule has 0 bridgehead atoms. The van der Waals surface area contributed by atoms with Crippen LogP contribution in [0.5, 0.6) is 0 Å². The van der Waals surface area contributed by atoms with Gasteiger partial charge in [-0.05, 0) is 42.5 Å². The van der Waals surface area contributed by atoms with Crippen LogP contribution < -0.4 is 10.6 Å². The third-order valence-electron chi connectivity index (χ3n) is 6.26. The molecule has 170 valence electrons. The Bertz CT molecular complexity index is 800. The average molecular weight is 486 g/mol. The molecule has 0 saturated carbocycles. The topological polar surface area (TPSA) is 67.9 Å². The van der Waals surface area contributed by atoms with Crippen LogP contribution in [0.4, 0.5) is 10.5 Å². The maximum atomic E-state index is 13.1. The van der Waals surface area contributed by atoms with Crippen molar-refractivity contribution in [3.63, 3.8) is 0 Å². The van der Waals surface area contributed by atoms with Crippen LogP contribution in [0.2, 0.25) is 10.0 Å². The van der Waals surface area contributed by atoms with E-state index < -0.39 is 0 Å². The highest BCUT2D eigenvalue weighted by Crippen LogP contribution is 2.25. The van der Waals surface area contributed by atoms with Crippen LogP contribution >= 0.6 is 35.0 Å². The lowest BCUT2D eigenvalue weighted by atomic mass is 10.1. The zero-order valence-electron chi connectivity index (χ0n) is 17.5. The van der Waals surface area contributed by atoms with Crippen molar-refractivity contribution >= 4 is 52.6 Å². The highest BCUT2D eigenvalue weighted by Gasteiger charge is 2.34. The van der Waals surface area contributed by atoms with Gasteiger partial charge >= 0.3 is 6.03 Å². The van der Waals surface area contributed by atoms with Gasteiger partial charge < -0.3 is 20.4 Å². The van der Waals surface area contributed by atoms with E-state index in [1.165, 1.54) is 24.3 Å². The third kappa shape index (κ3) is 5.79. The van der Waals surface area contributed by atoms with Gasteiger partial charge in [0.25, 0.3) is 0 Å². The Morgan fingerprint density at radius 2 is 1.71 bits per heavy atom. The van der Waals surface area contributed by atoms with E-state index in [1.54, 1.807) is 23.1 Å². The van der Waals surface area contributed by atoms with Crippen LogP contribution in [-0.4, -0.2) is 96.0 Å². The Hall–Kier alpha value is -1.19. The Morgan fingerprint density at radius 1 is 1.00 bits per heavy atom. The molecule has 1 aromatic carbocycles. The standard InChI is InChI=1S/C21H29Cl2N5O2S/c22-17-2-1-15(13-18(17)23)25-21(30)27-9-7-26(8-10-27)20(29)19-14-28(6-5-24-19)16-3-11-31-12-4-16/h1-2,13,16,19,24H,3-12,14H2,(H,25,30)/t19-/m1/s1. The molecule has 7 nitrogen and oxygen atoms in total. The minimum Gasteiger partial charge on any atom is -0.338 e. The first-order valence-corrected chi connectivity index (χ1v) is 12.8. The molecule has 4 rings (SSSR count). The highest BCUT2D eigenvalue weighted by atomic mass is 35.5. The van der Waals surface area contributed by atoms with Crippen molar-refractivity contribution in [2.45, 2.75) is 24.9 Å². The Balaban J connectivity index is 1.26. The van der Waals surface area contributed by atoms with Crippen molar-refractivity contribution in [1.82, 2.24) is 20.0 Å². The number of carbonyl (C=O) groups is 2. The van der Waals surface area contributed by atoms with Crippen LogP contribution in [0.15, 0.2) is 18.2 Å².